The molecule has 88 valence electrons. The van der Waals surface area contributed by atoms with Crippen LogP contribution in [0, 0.1) is 13.8 Å². The average molecular weight is 243 g/mol. The molecule has 2 rings (SSSR count). The van der Waals surface area contributed by atoms with Crippen LogP contribution in [0.5, 0.6) is 0 Å². The molecule has 0 atom stereocenters. The van der Waals surface area contributed by atoms with Crippen molar-refractivity contribution in [1.82, 2.24) is 14.9 Å². The lowest BCUT2D eigenvalue weighted by Gasteiger charge is -1.99. The quantitative estimate of drug-likeness (QED) is 0.884. The van der Waals surface area contributed by atoms with Gasteiger partial charge < -0.3 is 10.3 Å². The molecule has 5 nitrogen and oxygen atoms in total. The van der Waals surface area contributed by atoms with Crippen molar-refractivity contribution in [2.45, 2.75) is 26.9 Å². The summed E-state index contributed by atoms with van der Waals surface area (Å²) in [7, 11) is 0. The van der Waals surface area contributed by atoms with Crippen LogP contribution < -0.4 is 5.73 Å². The van der Waals surface area contributed by atoms with Crippen molar-refractivity contribution in [1.29, 1.82) is 0 Å². The lowest BCUT2D eigenvalue weighted by molar-refractivity contribution is 0.391. The van der Waals surface area contributed by atoms with Crippen LogP contribution in [0.25, 0.3) is 0 Å². The molecule has 0 unspecified atom stereocenters. The number of aryl methyl sites for hydroxylation is 2. The van der Waals surface area contributed by atoms with Gasteiger partial charge in [-0.05, 0) is 13.8 Å². The summed E-state index contributed by atoms with van der Waals surface area (Å²) in [4.78, 5) is 0. The SMILES string of the molecule is Cc1noc(C)c1Cn1cc(CN)cn1.Cl. The zero-order valence-corrected chi connectivity index (χ0v) is 10.1. The van der Waals surface area contributed by atoms with Gasteiger partial charge >= 0.3 is 0 Å². The van der Waals surface area contributed by atoms with Gasteiger partial charge in [0.2, 0.25) is 0 Å². The highest BCUT2D eigenvalue weighted by atomic mass is 35.5. The molecule has 0 aromatic carbocycles. The lowest BCUT2D eigenvalue weighted by Crippen LogP contribution is -2.02. The van der Waals surface area contributed by atoms with Crippen LogP contribution in [0.15, 0.2) is 16.9 Å². The number of aromatic nitrogens is 3. The molecule has 0 aliphatic carbocycles. The Morgan fingerprint density at radius 3 is 2.69 bits per heavy atom. The molecule has 0 saturated carbocycles. The van der Waals surface area contributed by atoms with Gasteiger partial charge in [0, 0.05) is 23.9 Å². The fourth-order valence-electron chi connectivity index (χ4n) is 1.49. The van der Waals surface area contributed by atoms with Gasteiger partial charge in [0.1, 0.15) is 5.76 Å². The number of hydrogen-bond acceptors (Lipinski definition) is 4. The van der Waals surface area contributed by atoms with Gasteiger partial charge in [-0.1, -0.05) is 5.16 Å². The molecule has 0 aliphatic rings. The standard InChI is InChI=1S/C10H14N4O.ClH/c1-7-10(8(2)15-13-7)6-14-5-9(3-11)4-12-14;/h4-5H,3,6,11H2,1-2H3;1H. The summed E-state index contributed by atoms with van der Waals surface area (Å²) in [6, 6.07) is 0. The van der Waals surface area contributed by atoms with E-state index >= 15 is 0 Å². The van der Waals surface area contributed by atoms with Crippen molar-refractivity contribution < 1.29 is 4.52 Å². The van der Waals surface area contributed by atoms with Crippen molar-refractivity contribution >= 4 is 12.4 Å². The topological polar surface area (TPSA) is 69.9 Å². The Morgan fingerprint density at radius 2 is 2.19 bits per heavy atom. The monoisotopic (exact) mass is 242 g/mol. The van der Waals surface area contributed by atoms with Gasteiger partial charge in [0.05, 0.1) is 18.4 Å². The van der Waals surface area contributed by atoms with Crippen molar-refractivity contribution in [3.05, 3.63) is 35.0 Å². The summed E-state index contributed by atoms with van der Waals surface area (Å²) in [5.74, 6) is 0.845. The molecular weight excluding hydrogens is 228 g/mol. The highest BCUT2D eigenvalue weighted by molar-refractivity contribution is 5.85. The predicted octanol–water partition coefficient (Wildman–Crippen LogP) is 1.42. The van der Waals surface area contributed by atoms with E-state index in [1.807, 2.05) is 24.7 Å². The van der Waals surface area contributed by atoms with E-state index in [4.69, 9.17) is 10.3 Å². The Bertz CT molecular complexity index is 444. The molecule has 0 aliphatic heterocycles. The van der Waals surface area contributed by atoms with E-state index in [2.05, 4.69) is 10.3 Å². The van der Waals surface area contributed by atoms with Crippen LogP contribution in [-0.4, -0.2) is 14.9 Å². The van der Waals surface area contributed by atoms with E-state index in [1.54, 1.807) is 6.20 Å². The van der Waals surface area contributed by atoms with E-state index in [9.17, 15) is 0 Å². The smallest absolute Gasteiger partial charge is 0.138 e. The zero-order valence-electron chi connectivity index (χ0n) is 9.30. The second kappa shape index (κ2) is 5.14. The molecule has 2 aromatic heterocycles. The molecule has 2 N–H and O–H groups in total. The van der Waals surface area contributed by atoms with Crippen LogP contribution in [-0.2, 0) is 13.1 Å². The first-order valence-electron chi connectivity index (χ1n) is 4.84. The van der Waals surface area contributed by atoms with Crippen molar-refractivity contribution in [2.24, 2.45) is 5.73 Å². The normalized spacial score (nSPS) is 10.2. The number of nitrogens with zero attached hydrogens (tertiary/aromatic N) is 3. The first-order chi connectivity index (χ1) is 7.20. The maximum atomic E-state index is 5.51. The summed E-state index contributed by atoms with van der Waals surface area (Å²) in [5.41, 5.74) is 8.54. The van der Waals surface area contributed by atoms with Crippen LogP contribution in [0.1, 0.15) is 22.6 Å². The second-order valence-electron chi connectivity index (χ2n) is 3.55. The third-order valence-corrected chi connectivity index (χ3v) is 2.42. The molecule has 16 heavy (non-hydrogen) atoms. The summed E-state index contributed by atoms with van der Waals surface area (Å²) in [5, 5.41) is 8.11. The maximum absolute atomic E-state index is 5.51. The predicted molar refractivity (Wildman–Crippen MR) is 62.4 cm³/mol. The Morgan fingerprint density at radius 1 is 1.44 bits per heavy atom. The number of halogens is 1. The fourth-order valence-corrected chi connectivity index (χ4v) is 1.49. The lowest BCUT2D eigenvalue weighted by atomic mass is 10.2. The van der Waals surface area contributed by atoms with Crippen LogP contribution >= 0.6 is 12.4 Å². The minimum Gasteiger partial charge on any atom is -0.361 e. The summed E-state index contributed by atoms with van der Waals surface area (Å²) in [6.45, 7) is 5.03. The van der Waals surface area contributed by atoms with Crippen molar-refractivity contribution in [2.75, 3.05) is 0 Å². The molecule has 2 heterocycles. The Hall–Kier alpha value is -1.33. The minimum atomic E-state index is 0. The van der Waals surface area contributed by atoms with Crippen molar-refractivity contribution in [3.63, 3.8) is 0 Å². The summed E-state index contributed by atoms with van der Waals surface area (Å²) >= 11 is 0. The van der Waals surface area contributed by atoms with E-state index in [1.165, 1.54) is 0 Å². The van der Waals surface area contributed by atoms with E-state index in [0.717, 1.165) is 22.6 Å². The fraction of sp³-hybridized carbons (Fsp3) is 0.400. The van der Waals surface area contributed by atoms with Gasteiger partial charge in [-0.15, -0.1) is 12.4 Å². The van der Waals surface area contributed by atoms with Gasteiger partial charge in [0.15, 0.2) is 0 Å². The van der Waals surface area contributed by atoms with E-state index in [-0.39, 0.29) is 12.4 Å². The molecule has 0 bridgehead atoms. The molecular formula is C10H15ClN4O. The molecule has 2 aromatic rings. The summed E-state index contributed by atoms with van der Waals surface area (Å²) in [6.07, 6.45) is 3.71. The minimum absolute atomic E-state index is 0. The first kappa shape index (κ1) is 12.7. The first-order valence-corrected chi connectivity index (χ1v) is 4.84. The summed E-state index contributed by atoms with van der Waals surface area (Å²) < 4.78 is 6.93. The largest absolute Gasteiger partial charge is 0.361 e. The Labute approximate surface area is 100 Å². The third kappa shape index (κ3) is 2.43. The van der Waals surface area contributed by atoms with Gasteiger partial charge in [-0.3, -0.25) is 4.68 Å². The average Bonchev–Trinajstić information content (AvgIpc) is 2.80. The number of hydrogen-bond donors (Lipinski definition) is 1. The third-order valence-electron chi connectivity index (χ3n) is 2.42. The molecule has 0 fully saturated rings. The number of nitrogens with two attached hydrogens (primary N) is 1. The highest BCUT2D eigenvalue weighted by Crippen LogP contribution is 2.13. The van der Waals surface area contributed by atoms with E-state index < -0.39 is 0 Å². The van der Waals surface area contributed by atoms with Gasteiger partial charge in [-0.25, -0.2) is 0 Å². The molecule has 0 saturated heterocycles. The van der Waals surface area contributed by atoms with Crippen molar-refractivity contribution in [3.8, 4) is 0 Å². The molecule has 6 heteroatoms. The number of rotatable bonds is 3. The zero-order chi connectivity index (χ0) is 10.8. The Kier molecular flexibility index (Phi) is 4.09. The van der Waals surface area contributed by atoms with E-state index in [0.29, 0.717) is 13.1 Å². The Balaban J connectivity index is 0.00000128. The van der Waals surface area contributed by atoms with Crippen LogP contribution in [0.2, 0.25) is 0 Å². The maximum Gasteiger partial charge on any atom is 0.138 e. The van der Waals surface area contributed by atoms with Gasteiger partial charge in [0.25, 0.3) is 0 Å². The van der Waals surface area contributed by atoms with Crippen LogP contribution in [0.4, 0.5) is 0 Å². The molecule has 0 spiro atoms. The molecule has 0 amide bonds. The van der Waals surface area contributed by atoms with Crippen LogP contribution in [0.3, 0.4) is 0 Å². The second-order valence-corrected chi connectivity index (χ2v) is 3.55. The molecule has 0 radical (unpaired) electrons. The van der Waals surface area contributed by atoms with Gasteiger partial charge in [-0.2, -0.15) is 5.10 Å². The highest BCUT2D eigenvalue weighted by Gasteiger charge is 2.09.